The molecule has 2 aromatic carbocycles. The van der Waals surface area contributed by atoms with Crippen LogP contribution in [-0.4, -0.2) is 42.6 Å². The van der Waals surface area contributed by atoms with Crippen LogP contribution in [0.25, 0.3) is 11.3 Å². The Morgan fingerprint density at radius 1 is 0.759 bits per heavy atom. The number of halogens is 1. The van der Waals surface area contributed by atoms with Gasteiger partial charge in [-0.25, -0.2) is 9.37 Å². The SMILES string of the molecule is Fc1ccc(CCCCN2CCN(c3cccc(-c4ccccc4)n3)CC2)cc1. The first-order valence-corrected chi connectivity index (χ1v) is 10.5. The largest absolute Gasteiger partial charge is 0.354 e. The summed E-state index contributed by atoms with van der Waals surface area (Å²) in [7, 11) is 0. The maximum absolute atomic E-state index is 13.0. The Morgan fingerprint density at radius 3 is 2.28 bits per heavy atom. The standard InChI is InChI=1S/C25H28FN3/c26-23-14-12-21(13-15-23)7-4-5-16-28-17-19-29(20-18-28)25-11-6-10-24(27-25)22-8-2-1-3-9-22/h1-3,6,8-15H,4-5,7,16-20H2. The number of aromatic nitrogens is 1. The van der Waals surface area contributed by atoms with Gasteiger partial charge in [0.25, 0.3) is 0 Å². The van der Waals surface area contributed by atoms with Crippen molar-refractivity contribution in [3.63, 3.8) is 0 Å². The summed E-state index contributed by atoms with van der Waals surface area (Å²) in [4.78, 5) is 9.82. The minimum Gasteiger partial charge on any atom is -0.354 e. The first-order chi connectivity index (χ1) is 14.3. The quantitative estimate of drug-likeness (QED) is 0.528. The zero-order valence-corrected chi connectivity index (χ0v) is 16.8. The number of aryl methyl sites for hydroxylation is 1. The van der Waals surface area contributed by atoms with E-state index in [1.807, 2.05) is 18.2 Å². The van der Waals surface area contributed by atoms with Crippen LogP contribution in [0.2, 0.25) is 0 Å². The van der Waals surface area contributed by atoms with Crippen molar-refractivity contribution >= 4 is 5.82 Å². The summed E-state index contributed by atoms with van der Waals surface area (Å²) >= 11 is 0. The van der Waals surface area contributed by atoms with E-state index < -0.39 is 0 Å². The van der Waals surface area contributed by atoms with Crippen molar-refractivity contribution in [2.24, 2.45) is 0 Å². The second-order valence-corrected chi connectivity index (χ2v) is 7.66. The highest BCUT2D eigenvalue weighted by Gasteiger charge is 2.18. The Bertz CT molecular complexity index is 887. The fourth-order valence-corrected chi connectivity index (χ4v) is 3.89. The number of nitrogens with zero attached hydrogens (tertiary/aromatic N) is 3. The normalized spacial score (nSPS) is 14.9. The highest BCUT2D eigenvalue weighted by Crippen LogP contribution is 2.21. The molecule has 0 N–H and O–H groups in total. The predicted molar refractivity (Wildman–Crippen MR) is 118 cm³/mol. The first-order valence-electron chi connectivity index (χ1n) is 10.5. The highest BCUT2D eigenvalue weighted by atomic mass is 19.1. The summed E-state index contributed by atoms with van der Waals surface area (Å²) in [5.41, 5.74) is 3.42. The lowest BCUT2D eigenvalue weighted by Crippen LogP contribution is -2.46. The summed E-state index contributed by atoms with van der Waals surface area (Å²) in [6, 6.07) is 23.5. The van der Waals surface area contributed by atoms with Crippen LogP contribution in [0, 0.1) is 5.82 Å². The molecule has 0 aliphatic carbocycles. The number of benzene rings is 2. The van der Waals surface area contributed by atoms with E-state index in [0.29, 0.717) is 0 Å². The van der Waals surface area contributed by atoms with Gasteiger partial charge in [-0.05, 0) is 55.6 Å². The Balaban J connectivity index is 1.23. The number of rotatable bonds is 7. The van der Waals surface area contributed by atoms with Crippen LogP contribution in [0.1, 0.15) is 18.4 Å². The monoisotopic (exact) mass is 389 g/mol. The molecule has 1 saturated heterocycles. The average Bonchev–Trinajstić information content (AvgIpc) is 2.79. The van der Waals surface area contributed by atoms with Crippen molar-refractivity contribution in [3.8, 4) is 11.3 Å². The lowest BCUT2D eigenvalue weighted by atomic mass is 10.1. The van der Waals surface area contributed by atoms with Crippen molar-refractivity contribution in [1.82, 2.24) is 9.88 Å². The molecule has 29 heavy (non-hydrogen) atoms. The van der Waals surface area contributed by atoms with E-state index in [0.717, 1.165) is 62.6 Å². The van der Waals surface area contributed by atoms with Gasteiger partial charge in [0.2, 0.25) is 0 Å². The maximum atomic E-state index is 13.0. The number of hydrogen-bond donors (Lipinski definition) is 0. The van der Waals surface area contributed by atoms with Crippen molar-refractivity contribution in [2.75, 3.05) is 37.6 Å². The number of unbranched alkanes of at least 4 members (excludes halogenated alkanes) is 1. The molecule has 0 saturated carbocycles. The molecule has 3 nitrogen and oxygen atoms in total. The molecule has 0 radical (unpaired) electrons. The number of pyridine rings is 1. The molecule has 1 fully saturated rings. The third kappa shape index (κ3) is 5.42. The molecule has 4 rings (SSSR count). The minimum atomic E-state index is -0.157. The van der Waals surface area contributed by atoms with E-state index in [2.05, 4.69) is 52.3 Å². The summed E-state index contributed by atoms with van der Waals surface area (Å²) in [6.45, 7) is 5.32. The van der Waals surface area contributed by atoms with Crippen LogP contribution in [0.15, 0.2) is 72.8 Å². The second kappa shape index (κ2) is 9.66. The molecule has 0 spiro atoms. The van der Waals surface area contributed by atoms with Crippen LogP contribution >= 0.6 is 0 Å². The molecular formula is C25H28FN3. The van der Waals surface area contributed by atoms with E-state index >= 15 is 0 Å². The van der Waals surface area contributed by atoms with Gasteiger partial charge in [-0.15, -0.1) is 0 Å². The van der Waals surface area contributed by atoms with E-state index in [9.17, 15) is 4.39 Å². The zero-order valence-electron chi connectivity index (χ0n) is 16.8. The lowest BCUT2D eigenvalue weighted by Gasteiger charge is -2.35. The molecule has 0 atom stereocenters. The van der Waals surface area contributed by atoms with Crippen LogP contribution in [0.5, 0.6) is 0 Å². The summed E-state index contributed by atoms with van der Waals surface area (Å²) < 4.78 is 13.0. The zero-order chi connectivity index (χ0) is 19.9. The summed E-state index contributed by atoms with van der Waals surface area (Å²) in [6.07, 6.45) is 3.35. The molecule has 4 heteroatoms. The lowest BCUT2D eigenvalue weighted by molar-refractivity contribution is 0.252. The van der Waals surface area contributed by atoms with Gasteiger partial charge in [0, 0.05) is 31.7 Å². The van der Waals surface area contributed by atoms with Crippen molar-refractivity contribution in [3.05, 3.63) is 84.2 Å². The molecular weight excluding hydrogens is 361 g/mol. The molecule has 2 heterocycles. The Kier molecular flexibility index (Phi) is 6.52. The fraction of sp³-hybridized carbons (Fsp3) is 0.320. The molecule has 1 aromatic heterocycles. The molecule has 1 aliphatic rings. The molecule has 0 amide bonds. The Hall–Kier alpha value is -2.72. The maximum Gasteiger partial charge on any atom is 0.129 e. The molecule has 150 valence electrons. The Morgan fingerprint density at radius 2 is 1.52 bits per heavy atom. The summed E-state index contributed by atoms with van der Waals surface area (Å²) in [5.74, 6) is 0.915. The molecule has 0 unspecified atom stereocenters. The molecule has 0 bridgehead atoms. The number of hydrogen-bond acceptors (Lipinski definition) is 3. The van der Waals surface area contributed by atoms with Crippen molar-refractivity contribution < 1.29 is 4.39 Å². The number of anilines is 1. The number of piperazine rings is 1. The van der Waals surface area contributed by atoms with E-state index in [1.54, 1.807) is 12.1 Å². The predicted octanol–water partition coefficient (Wildman–Crippen LogP) is 5.03. The second-order valence-electron chi connectivity index (χ2n) is 7.66. The van der Waals surface area contributed by atoms with Crippen LogP contribution in [0.3, 0.4) is 0 Å². The third-order valence-corrected chi connectivity index (χ3v) is 5.60. The first kappa shape index (κ1) is 19.6. The third-order valence-electron chi connectivity index (χ3n) is 5.60. The summed E-state index contributed by atoms with van der Waals surface area (Å²) in [5, 5.41) is 0. The van der Waals surface area contributed by atoms with Crippen molar-refractivity contribution in [1.29, 1.82) is 0 Å². The van der Waals surface area contributed by atoms with Gasteiger partial charge in [0.1, 0.15) is 11.6 Å². The topological polar surface area (TPSA) is 19.4 Å². The van der Waals surface area contributed by atoms with Gasteiger partial charge < -0.3 is 4.90 Å². The van der Waals surface area contributed by atoms with Gasteiger partial charge in [-0.2, -0.15) is 0 Å². The molecule has 1 aliphatic heterocycles. The van der Waals surface area contributed by atoms with Gasteiger partial charge in [0.15, 0.2) is 0 Å². The molecule has 3 aromatic rings. The van der Waals surface area contributed by atoms with Crippen LogP contribution in [-0.2, 0) is 6.42 Å². The van der Waals surface area contributed by atoms with E-state index in [-0.39, 0.29) is 5.82 Å². The van der Waals surface area contributed by atoms with Crippen LogP contribution in [0.4, 0.5) is 10.2 Å². The Labute approximate surface area is 172 Å². The fourth-order valence-electron chi connectivity index (χ4n) is 3.89. The van der Waals surface area contributed by atoms with Gasteiger partial charge in [-0.1, -0.05) is 48.5 Å². The van der Waals surface area contributed by atoms with Crippen LogP contribution < -0.4 is 4.90 Å². The minimum absolute atomic E-state index is 0.157. The average molecular weight is 390 g/mol. The highest BCUT2D eigenvalue weighted by molar-refractivity contribution is 5.61. The van der Waals surface area contributed by atoms with E-state index in [1.165, 1.54) is 12.0 Å². The van der Waals surface area contributed by atoms with Gasteiger partial charge >= 0.3 is 0 Å². The van der Waals surface area contributed by atoms with E-state index in [4.69, 9.17) is 4.98 Å². The van der Waals surface area contributed by atoms with Crippen molar-refractivity contribution in [2.45, 2.75) is 19.3 Å². The smallest absolute Gasteiger partial charge is 0.129 e. The van der Waals surface area contributed by atoms with Gasteiger partial charge in [-0.3, -0.25) is 4.90 Å². The van der Waals surface area contributed by atoms with Gasteiger partial charge in [0.05, 0.1) is 5.69 Å².